The molecule has 0 bridgehead atoms. The number of rotatable bonds is 5. The van der Waals surface area contributed by atoms with Crippen molar-refractivity contribution in [3.8, 4) is 5.75 Å². The average molecular weight is 375 g/mol. The van der Waals surface area contributed by atoms with E-state index in [4.69, 9.17) is 4.74 Å². The van der Waals surface area contributed by atoms with Crippen LogP contribution in [-0.2, 0) is 9.53 Å². The number of anilines is 2. The molecule has 0 saturated carbocycles. The Bertz CT molecular complexity index is 767. The van der Waals surface area contributed by atoms with E-state index in [0.717, 1.165) is 31.9 Å². The van der Waals surface area contributed by atoms with E-state index in [9.17, 15) is 14.7 Å². The second kappa shape index (κ2) is 8.20. The third-order valence-corrected chi connectivity index (χ3v) is 5.16. The quantitative estimate of drug-likeness (QED) is 0.778. The van der Waals surface area contributed by atoms with Crippen LogP contribution in [0.1, 0.15) is 9.67 Å². The summed E-state index contributed by atoms with van der Waals surface area (Å²) in [6.45, 7) is 3.43. The van der Waals surface area contributed by atoms with Crippen LogP contribution in [0.5, 0.6) is 5.75 Å². The Morgan fingerprint density at radius 1 is 1.15 bits per heavy atom. The van der Waals surface area contributed by atoms with Crippen LogP contribution < -0.4 is 10.2 Å². The minimum atomic E-state index is -0.446. The molecule has 0 aliphatic carbocycles. The number of ether oxygens (including phenoxy) is 1. The van der Waals surface area contributed by atoms with Gasteiger partial charge in [-0.05, 0) is 35.7 Å². The summed E-state index contributed by atoms with van der Waals surface area (Å²) in [7, 11) is 1.32. The number of nitrogens with zero attached hydrogens (tertiary/aromatic N) is 2. The third-order valence-electron chi connectivity index (χ3n) is 4.26. The van der Waals surface area contributed by atoms with E-state index >= 15 is 0 Å². The molecular formula is C18H21N3O4S. The Labute approximate surface area is 155 Å². The Hall–Kier alpha value is -2.58. The summed E-state index contributed by atoms with van der Waals surface area (Å²) < 4.78 is 4.72. The number of thiophene rings is 1. The van der Waals surface area contributed by atoms with Crippen LogP contribution in [-0.4, -0.2) is 61.7 Å². The number of methoxy groups -OCH3 is 1. The number of nitrogens with one attached hydrogen (secondary N) is 1. The first-order chi connectivity index (χ1) is 12.6. The summed E-state index contributed by atoms with van der Waals surface area (Å²) in [5.41, 5.74) is 1.56. The van der Waals surface area contributed by atoms with Crippen molar-refractivity contribution in [3.63, 3.8) is 0 Å². The molecule has 1 fully saturated rings. The molecule has 1 aromatic carbocycles. The highest BCUT2D eigenvalue weighted by Gasteiger charge is 2.21. The van der Waals surface area contributed by atoms with Gasteiger partial charge in [0.25, 0.3) is 0 Å². The molecule has 0 atom stereocenters. The lowest BCUT2D eigenvalue weighted by Gasteiger charge is -2.35. The molecule has 1 aliphatic rings. The van der Waals surface area contributed by atoms with Crippen molar-refractivity contribution in [2.45, 2.75) is 0 Å². The standard InChI is InChI=1S/C18H21N3O4S/c1-25-18(24)17-15(6-11-26-17)19-16(23)12-20-7-9-21(10-8-20)13-2-4-14(22)5-3-13/h2-6,11,22H,7-10,12H2,1H3,(H,19,23). The third kappa shape index (κ3) is 4.33. The Morgan fingerprint density at radius 2 is 1.85 bits per heavy atom. The molecule has 138 valence electrons. The molecule has 7 nitrogen and oxygen atoms in total. The first-order valence-electron chi connectivity index (χ1n) is 8.29. The fraction of sp³-hybridized carbons (Fsp3) is 0.333. The van der Waals surface area contributed by atoms with Gasteiger partial charge in [-0.15, -0.1) is 11.3 Å². The van der Waals surface area contributed by atoms with Crippen molar-refractivity contribution in [3.05, 3.63) is 40.6 Å². The molecule has 2 heterocycles. The number of carbonyl (C=O) groups excluding carboxylic acids is 2. The van der Waals surface area contributed by atoms with Crippen molar-refractivity contribution in [1.82, 2.24) is 4.90 Å². The summed E-state index contributed by atoms with van der Waals surface area (Å²) in [5.74, 6) is -0.340. The van der Waals surface area contributed by atoms with E-state index in [1.165, 1.54) is 18.4 Å². The number of aromatic hydroxyl groups is 1. The van der Waals surface area contributed by atoms with Gasteiger partial charge in [0, 0.05) is 31.9 Å². The van der Waals surface area contributed by atoms with Gasteiger partial charge in [0.05, 0.1) is 19.3 Å². The molecule has 0 radical (unpaired) electrons. The van der Waals surface area contributed by atoms with Crippen LogP contribution >= 0.6 is 11.3 Å². The number of piperazine rings is 1. The summed E-state index contributed by atoms with van der Waals surface area (Å²) in [6, 6.07) is 8.84. The number of phenols is 1. The molecular weight excluding hydrogens is 354 g/mol. The van der Waals surface area contributed by atoms with Gasteiger partial charge < -0.3 is 20.1 Å². The van der Waals surface area contributed by atoms with Gasteiger partial charge in [0.15, 0.2) is 0 Å². The zero-order valence-electron chi connectivity index (χ0n) is 14.5. The second-order valence-electron chi connectivity index (χ2n) is 5.98. The topological polar surface area (TPSA) is 82.1 Å². The van der Waals surface area contributed by atoms with Crippen LogP contribution in [0.25, 0.3) is 0 Å². The minimum absolute atomic E-state index is 0.147. The number of amides is 1. The first-order valence-corrected chi connectivity index (χ1v) is 9.17. The molecule has 1 saturated heterocycles. The lowest BCUT2D eigenvalue weighted by molar-refractivity contribution is -0.117. The predicted octanol–water partition coefficient (Wildman–Crippen LogP) is 2.00. The van der Waals surface area contributed by atoms with E-state index in [-0.39, 0.29) is 18.2 Å². The summed E-state index contributed by atoms with van der Waals surface area (Å²) in [6.07, 6.45) is 0. The Kier molecular flexibility index (Phi) is 5.75. The average Bonchev–Trinajstić information content (AvgIpc) is 3.10. The molecule has 0 spiro atoms. The number of phenolic OH excluding ortho intramolecular Hbond substituents is 1. The number of benzene rings is 1. The van der Waals surface area contributed by atoms with E-state index in [0.29, 0.717) is 10.6 Å². The maximum absolute atomic E-state index is 12.3. The van der Waals surface area contributed by atoms with Gasteiger partial charge in [0.2, 0.25) is 5.91 Å². The smallest absolute Gasteiger partial charge is 0.350 e. The minimum Gasteiger partial charge on any atom is -0.508 e. The Morgan fingerprint density at radius 3 is 2.50 bits per heavy atom. The van der Waals surface area contributed by atoms with Crippen molar-refractivity contribution in [1.29, 1.82) is 0 Å². The predicted molar refractivity (Wildman–Crippen MR) is 101 cm³/mol. The fourth-order valence-corrected chi connectivity index (χ4v) is 3.64. The normalized spacial score (nSPS) is 14.9. The monoisotopic (exact) mass is 375 g/mol. The maximum Gasteiger partial charge on any atom is 0.350 e. The van der Waals surface area contributed by atoms with Crippen LogP contribution in [0.3, 0.4) is 0 Å². The number of carbonyl (C=O) groups is 2. The maximum atomic E-state index is 12.3. The zero-order chi connectivity index (χ0) is 18.5. The van der Waals surface area contributed by atoms with Crippen molar-refractivity contribution in [2.24, 2.45) is 0 Å². The largest absolute Gasteiger partial charge is 0.508 e. The van der Waals surface area contributed by atoms with Gasteiger partial charge in [-0.1, -0.05) is 0 Å². The number of hydrogen-bond donors (Lipinski definition) is 2. The summed E-state index contributed by atoms with van der Waals surface area (Å²) >= 11 is 1.24. The van der Waals surface area contributed by atoms with Crippen LogP contribution in [0, 0.1) is 0 Å². The Balaban J connectivity index is 1.50. The lowest BCUT2D eigenvalue weighted by Crippen LogP contribution is -2.48. The highest BCUT2D eigenvalue weighted by Crippen LogP contribution is 2.23. The van der Waals surface area contributed by atoms with Gasteiger partial charge >= 0.3 is 5.97 Å². The SMILES string of the molecule is COC(=O)c1sccc1NC(=O)CN1CCN(c2ccc(O)cc2)CC1. The van der Waals surface area contributed by atoms with Gasteiger partial charge in [-0.2, -0.15) is 0 Å². The van der Waals surface area contributed by atoms with Gasteiger partial charge in [-0.25, -0.2) is 4.79 Å². The zero-order valence-corrected chi connectivity index (χ0v) is 15.3. The van der Waals surface area contributed by atoms with E-state index in [1.54, 1.807) is 23.6 Å². The van der Waals surface area contributed by atoms with Crippen LogP contribution in [0.15, 0.2) is 35.7 Å². The lowest BCUT2D eigenvalue weighted by atomic mass is 10.2. The van der Waals surface area contributed by atoms with Crippen molar-refractivity contribution >= 4 is 34.6 Å². The van der Waals surface area contributed by atoms with E-state index in [1.807, 2.05) is 12.1 Å². The molecule has 8 heteroatoms. The van der Waals surface area contributed by atoms with E-state index in [2.05, 4.69) is 15.1 Å². The number of hydrogen-bond acceptors (Lipinski definition) is 7. The summed E-state index contributed by atoms with van der Waals surface area (Å²) in [5, 5.41) is 13.9. The van der Waals surface area contributed by atoms with Gasteiger partial charge in [0.1, 0.15) is 10.6 Å². The molecule has 26 heavy (non-hydrogen) atoms. The van der Waals surface area contributed by atoms with Gasteiger partial charge in [-0.3, -0.25) is 9.69 Å². The van der Waals surface area contributed by atoms with Crippen LogP contribution in [0.4, 0.5) is 11.4 Å². The van der Waals surface area contributed by atoms with Crippen molar-refractivity contribution < 1.29 is 19.4 Å². The molecule has 2 N–H and O–H groups in total. The van der Waals surface area contributed by atoms with E-state index < -0.39 is 5.97 Å². The molecule has 2 aromatic rings. The molecule has 1 aromatic heterocycles. The molecule has 0 unspecified atom stereocenters. The molecule has 1 aliphatic heterocycles. The fourth-order valence-electron chi connectivity index (χ4n) is 2.88. The second-order valence-corrected chi connectivity index (χ2v) is 6.90. The number of esters is 1. The molecule has 3 rings (SSSR count). The summed E-state index contributed by atoms with van der Waals surface area (Å²) in [4.78, 5) is 28.7. The highest BCUT2D eigenvalue weighted by molar-refractivity contribution is 7.12. The first kappa shape index (κ1) is 18.2. The van der Waals surface area contributed by atoms with Crippen molar-refractivity contribution in [2.75, 3.05) is 50.1 Å². The van der Waals surface area contributed by atoms with Crippen LogP contribution in [0.2, 0.25) is 0 Å². The highest BCUT2D eigenvalue weighted by atomic mass is 32.1. The molecule has 1 amide bonds.